The van der Waals surface area contributed by atoms with Gasteiger partial charge in [0.1, 0.15) is 0 Å². The molecule has 1 saturated heterocycles. The first-order chi connectivity index (χ1) is 10.1. The third kappa shape index (κ3) is 5.50. The van der Waals surface area contributed by atoms with Gasteiger partial charge < -0.3 is 4.90 Å². The first-order valence-electron chi connectivity index (χ1n) is 8.19. The molecular weight excluding hydrogens is 260 g/mol. The predicted octanol–water partition coefficient (Wildman–Crippen LogP) is 2.81. The van der Waals surface area contributed by atoms with E-state index in [9.17, 15) is 4.79 Å². The van der Waals surface area contributed by atoms with Crippen LogP contribution in [0.2, 0.25) is 0 Å². The Bertz CT molecular complexity index is 422. The summed E-state index contributed by atoms with van der Waals surface area (Å²) in [6.07, 6.45) is 2.74. The van der Waals surface area contributed by atoms with Crippen molar-refractivity contribution >= 4 is 5.91 Å². The van der Waals surface area contributed by atoms with Crippen LogP contribution in [0.1, 0.15) is 32.3 Å². The average molecular weight is 288 g/mol. The summed E-state index contributed by atoms with van der Waals surface area (Å²) < 4.78 is 0. The highest BCUT2D eigenvalue weighted by atomic mass is 16.2. The van der Waals surface area contributed by atoms with Crippen molar-refractivity contribution in [2.45, 2.75) is 33.1 Å². The zero-order chi connectivity index (χ0) is 15.1. The van der Waals surface area contributed by atoms with Gasteiger partial charge in [0, 0.05) is 32.6 Å². The molecule has 0 radical (unpaired) electrons. The van der Waals surface area contributed by atoms with Gasteiger partial charge in [0.05, 0.1) is 0 Å². The summed E-state index contributed by atoms with van der Waals surface area (Å²) in [7, 11) is 0. The lowest BCUT2D eigenvalue weighted by Crippen LogP contribution is -2.49. The zero-order valence-electron chi connectivity index (χ0n) is 13.4. The van der Waals surface area contributed by atoms with Crippen molar-refractivity contribution in [3.63, 3.8) is 0 Å². The molecule has 1 amide bonds. The maximum absolute atomic E-state index is 12.3. The Kier molecular flexibility index (Phi) is 6.24. The Morgan fingerprint density at radius 1 is 1.10 bits per heavy atom. The first-order valence-corrected chi connectivity index (χ1v) is 8.19. The first kappa shape index (κ1) is 16.0. The maximum Gasteiger partial charge on any atom is 0.222 e. The van der Waals surface area contributed by atoms with E-state index in [0.717, 1.165) is 38.5 Å². The fraction of sp³-hybridized carbons (Fsp3) is 0.611. The van der Waals surface area contributed by atoms with E-state index in [1.54, 1.807) is 0 Å². The van der Waals surface area contributed by atoms with Gasteiger partial charge in [0.2, 0.25) is 5.91 Å². The topological polar surface area (TPSA) is 23.6 Å². The Morgan fingerprint density at radius 3 is 2.38 bits per heavy atom. The smallest absolute Gasteiger partial charge is 0.222 e. The molecule has 1 fully saturated rings. The molecule has 21 heavy (non-hydrogen) atoms. The number of carbonyl (C=O) groups is 1. The van der Waals surface area contributed by atoms with Gasteiger partial charge in [-0.1, -0.05) is 44.2 Å². The SMILES string of the molecule is CC(C)CCN1CCN(C(=O)CCc2ccccc2)CC1. The summed E-state index contributed by atoms with van der Waals surface area (Å²) in [5, 5.41) is 0. The lowest BCUT2D eigenvalue weighted by atomic mass is 10.1. The van der Waals surface area contributed by atoms with E-state index < -0.39 is 0 Å². The lowest BCUT2D eigenvalue weighted by molar-refractivity contribution is -0.132. The second-order valence-corrected chi connectivity index (χ2v) is 6.39. The molecule has 1 heterocycles. The van der Waals surface area contributed by atoms with Crippen LogP contribution in [-0.2, 0) is 11.2 Å². The van der Waals surface area contributed by atoms with Crippen LogP contribution >= 0.6 is 0 Å². The summed E-state index contributed by atoms with van der Waals surface area (Å²) in [6, 6.07) is 10.3. The van der Waals surface area contributed by atoms with Crippen molar-refractivity contribution in [2.75, 3.05) is 32.7 Å². The molecule has 1 aromatic carbocycles. The monoisotopic (exact) mass is 288 g/mol. The second-order valence-electron chi connectivity index (χ2n) is 6.39. The fourth-order valence-corrected chi connectivity index (χ4v) is 2.72. The van der Waals surface area contributed by atoms with E-state index in [0.29, 0.717) is 12.3 Å². The minimum absolute atomic E-state index is 0.308. The van der Waals surface area contributed by atoms with Crippen molar-refractivity contribution in [1.82, 2.24) is 9.80 Å². The summed E-state index contributed by atoms with van der Waals surface area (Å²) in [5.41, 5.74) is 1.25. The molecule has 1 aromatic rings. The number of aryl methyl sites for hydroxylation is 1. The van der Waals surface area contributed by atoms with Gasteiger partial charge in [0.15, 0.2) is 0 Å². The van der Waals surface area contributed by atoms with Gasteiger partial charge in [-0.05, 0) is 30.9 Å². The van der Waals surface area contributed by atoms with E-state index in [2.05, 4.69) is 30.9 Å². The number of hydrogen-bond donors (Lipinski definition) is 0. The fourth-order valence-electron chi connectivity index (χ4n) is 2.72. The van der Waals surface area contributed by atoms with E-state index in [1.165, 1.54) is 18.5 Å². The van der Waals surface area contributed by atoms with Crippen LogP contribution in [0.15, 0.2) is 30.3 Å². The molecule has 0 unspecified atom stereocenters. The van der Waals surface area contributed by atoms with Gasteiger partial charge >= 0.3 is 0 Å². The van der Waals surface area contributed by atoms with Crippen LogP contribution in [0, 0.1) is 5.92 Å². The van der Waals surface area contributed by atoms with Gasteiger partial charge in [-0.15, -0.1) is 0 Å². The zero-order valence-corrected chi connectivity index (χ0v) is 13.4. The van der Waals surface area contributed by atoms with Crippen molar-refractivity contribution in [3.05, 3.63) is 35.9 Å². The van der Waals surface area contributed by atoms with Crippen molar-refractivity contribution < 1.29 is 4.79 Å². The van der Waals surface area contributed by atoms with E-state index in [1.807, 2.05) is 23.1 Å². The largest absolute Gasteiger partial charge is 0.340 e. The molecule has 0 aliphatic carbocycles. The number of rotatable bonds is 6. The number of carbonyl (C=O) groups excluding carboxylic acids is 1. The third-order valence-corrected chi connectivity index (χ3v) is 4.22. The Morgan fingerprint density at radius 2 is 1.76 bits per heavy atom. The average Bonchev–Trinajstić information content (AvgIpc) is 2.52. The van der Waals surface area contributed by atoms with Gasteiger partial charge in [0.25, 0.3) is 0 Å². The molecule has 0 bridgehead atoms. The van der Waals surface area contributed by atoms with Crippen molar-refractivity contribution in [1.29, 1.82) is 0 Å². The number of benzene rings is 1. The molecule has 3 nitrogen and oxygen atoms in total. The Hall–Kier alpha value is -1.35. The molecule has 2 rings (SSSR count). The van der Waals surface area contributed by atoms with E-state index in [-0.39, 0.29) is 0 Å². The lowest BCUT2D eigenvalue weighted by Gasteiger charge is -2.35. The highest BCUT2D eigenvalue weighted by Crippen LogP contribution is 2.09. The number of piperazine rings is 1. The number of hydrogen-bond acceptors (Lipinski definition) is 2. The van der Waals surface area contributed by atoms with E-state index in [4.69, 9.17) is 0 Å². The molecule has 116 valence electrons. The van der Waals surface area contributed by atoms with Crippen LogP contribution in [0.4, 0.5) is 0 Å². The predicted molar refractivity (Wildman–Crippen MR) is 87.2 cm³/mol. The summed E-state index contributed by atoms with van der Waals surface area (Å²) in [4.78, 5) is 16.8. The molecule has 0 N–H and O–H groups in total. The van der Waals surface area contributed by atoms with Crippen LogP contribution < -0.4 is 0 Å². The summed E-state index contributed by atoms with van der Waals surface area (Å²) >= 11 is 0. The molecule has 0 spiro atoms. The maximum atomic E-state index is 12.3. The van der Waals surface area contributed by atoms with Crippen LogP contribution in [0.5, 0.6) is 0 Å². The molecule has 0 aromatic heterocycles. The third-order valence-electron chi connectivity index (χ3n) is 4.22. The van der Waals surface area contributed by atoms with Crippen molar-refractivity contribution in [3.8, 4) is 0 Å². The van der Waals surface area contributed by atoms with Gasteiger partial charge in [-0.2, -0.15) is 0 Å². The second kappa shape index (κ2) is 8.18. The highest BCUT2D eigenvalue weighted by molar-refractivity contribution is 5.76. The molecule has 1 aliphatic rings. The van der Waals surface area contributed by atoms with Crippen LogP contribution in [0.3, 0.4) is 0 Å². The Balaban J connectivity index is 1.68. The quantitative estimate of drug-likeness (QED) is 0.803. The van der Waals surface area contributed by atoms with E-state index >= 15 is 0 Å². The molecule has 0 saturated carbocycles. The van der Waals surface area contributed by atoms with Gasteiger partial charge in [-0.3, -0.25) is 9.69 Å². The standard InChI is InChI=1S/C18H28N2O/c1-16(2)10-11-19-12-14-20(15-13-19)18(21)9-8-17-6-4-3-5-7-17/h3-7,16H,8-15H2,1-2H3. The van der Waals surface area contributed by atoms with Crippen LogP contribution in [-0.4, -0.2) is 48.4 Å². The Labute approximate surface area is 128 Å². The minimum Gasteiger partial charge on any atom is -0.340 e. The number of amides is 1. The minimum atomic E-state index is 0.308. The number of nitrogens with zero attached hydrogens (tertiary/aromatic N) is 2. The van der Waals surface area contributed by atoms with Gasteiger partial charge in [-0.25, -0.2) is 0 Å². The highest BCUT2D eigenvalue weighted by Gasteiger charge is 2.20. The molecule has 3 heteroatoms. The molecule has 0 atom stereocenters. The van der Waals surface area contributed by atoms with Crippen molar-refractivity contribution in [2.24, 2.45) is 5.92 Å². The van der Waals surface area contributed by atoms with Crippen LogP contribution in [0.25, 0.3) is 0 Å². The molecule has 1 aliphatic heterocycles. The molecular formula is C18H28N2O. The summed E-state index contributed by atoms with van der Waals surface area (Å²) in [5.74, 6) is 1.07. The normalized spacial score (nSPS) is 16.4. The summed E-state index contributed by atoms with van der Waals surface area (Å²) in [6.45, 7) is 9.56.